The van der Waals surface area contributed by atoms with E-state index >= 15 is 0 Å². The molecule has 1 aromatic rings. The van der Waals surface area contributed by atoms with Crippen molar-refractivity contribution in [1.82, 2.24) is 4.98 Å². The Kier molecular flexibility index (Phi) is 2.69. The topological polar surface area (TPSA) is 30.0 Å². The molecule has 0 fully saturated rings. The molecule has 0 N–H and O–H groups in total. The minimum absolute atomic E-state index is 0.116. The van der Waals surface area contributed by atoms with E-state index in [9.17, 15) is 18.0 Å². The molecule has 0 aliphatic heterocycles. The fourth-order valence-electron chi connectivity index (χ4n) is 0.800. The second-order valence-electron chi connectivity index (χ2n) is 2.55. The lowest BCUT2D eigenvalue weighted by Crippen LogP contribution is -2.19. The van der Waals surface area contributed by atoms with Crippen LogP contribution in [0.2, 0.25) is 0 Å². The third-order valence-electron chi connectivity index (χ3n) is 1.54. The molecule has 14 heavy (non-hydrogen) atoms. The number of pyridine rings is 1. The third-order valence-corrected chi connectivity index (χ3v) is 1.54. The number of alkyl halides is 3. The van der Waals surface area contributed by atoms with Gasteiger partial charge in [0.05, 0.1) is 5.57 Å². The summed E-state index contributed by atoms with van der Waals surface area (Å²) in [5.74, 6) is -1.15. The van der Waals surface area contributed by atoms with Gasteiger partial charge in [0.2, 0.25) is 0 Å². The molecule has 0 unspecified atom stereocenters. The van der Waals surface area contributed by atoms with Crippen molar-refractivity contribution < 1.29 is 18.0 Å². The Hall–Kier alpha value is -1.65. The maximum atomic E-state index is 12.0. The van der Waals surface area contributed by atoms with Crippen molar-refractivity contribution in [3.63, 3.8) is 0 Å². The molecular weight excluding hydrogens is 195 g/mol. The average Bonchev–Trinajstić information content (AvgIpc) is 2.15. The Balaban J connectivity index is 2.93. The van der Waals surface area contributed by atoms with E-state index in [1.165, 1.54) is 18.3 Å². The van der Waals surface area contributed by atoms with Crippen molar-refractivity contribution in [2.24, 2.45) is 0 Å². The number of Topliss-reactive ketones (excluding diaryl/α,β-unsaturated/α-hetero) is 1. The lowest BCUT2D eigenvalue weighted by Gasteiger charge is -2.07. The van der Waals surface area contributed by atoms with Crippen LogP contribution in [0.25, 0.3) is 0 Å². The van der Waals surface area contributed by atoms with Crippen molar-refractivity contribution in [2.75, 3.05) is 0 Å². The first kappa shape index (κ1) is 10.4. The molecule has 0 saturated carbocycles. The Bertz CT molecular complexity index is 356. The standard InChI is InChI=1S/C9H6F3NO/c1-6(9(10,11)12)8(14)7-3-2-4-13-5-7/h2-5H,1H2. The predicted octanol–water partition coefficient (Wildman–Crippen LogP) is 2.38. The Morgan fingerprint density at radius 2 is 2.07 bits per heavy atom. The lowest BCUT2D eigenvalue weighted by atomic mass is 10.1. The van der Waals surface area contributed by atoms with Gasteiger partial charge in [-0.3, -0.25) is 9.78 Å². The molecule has 74 valence electrons. The molecule has 1 rings (SSSR count). The maximum Gasteiger partial charge on any atom is 0.419 e. The molecule has 5 heteroatoms. The van der Waals surface area contributed by atoms with Gasteiger partial charge in [0.15, 0.2) is 5.78 Å². The molecule has 2 nitrogen and oxygen atoms in total. The van der Waals surface area contributed by atoms with Crippen molar-refractivity contribution in [3.8, 4) is 0 Å². The van der Waals surface area contributed by atoms with Crippen molar-refractivity contribution in [3.05, 3.63) is 42.2 Å². The molecular formula is C9H6F3NO. The fourth-order valence-corrected chi connectivity index (χ4v) is 0.800. The van der Waals surface area contributed by atoms with Crippen LogP contribution >= 0.6 is 0 Å². The molecule has 0 amide bonds. The van der Waals surface area contributed by atoms with E-state index < -0.39 is 17.5 Å². The van der Waals surface area contributed by atoms with Crippen LogP contribution in [0.3, 0.4) is 0 Å². The SMILES string of the molecule is C=C(C(=O)c1cccnc1)C(F)(F)F. The highest BCUT2D eigenvalue weighted by atomic mass is 19.4. The quantitative estimate of drug-likeness (QED) is 0.543. The van der Waals surface area contributed by atoms with Gasteiger partial charge in [0.25, 0.3) is 0 Å². The summed E-state index contributed by atoms with van der Waals surface area (Å²) in [6.07, 6.45) is -2.25. The number of ketones is 1. The number of rotatable bonds is 2. The molecule has 0 aliphatic carbocycles. The highest BCUT2D eigenvalue weighted by molar-refractivity contribution is 6.08. The summed E-state index contributed by atoms with van der Waals surface area (Å²) in [5, 5.41) is 0. The van der Waals surface area contributed by atoms with Gasteiger partial charge in [-0.2, -0.15) is 13.2 Å². The summed E-state index contributed by atoms with van der Waals surface area (Å²) in [4.78, 5) is 14.7. The molecule has 0 bridgehead atoms. The van der Waals surface area contributed by atoms with Crippen LogP contribution in [0.4, 0.5) is 13.2 Å². The molecule has 0 aliphatic rings. The first-order chi connectivity index (χ1) is 6.43. The smallest absolute Gasteiger partial charge is 0.289 e. The Morgan fingerprint density at radius 1 is 1.43 bits per heavy atom. The zero-order valence-corrected chi connectivity index (χ0v) is 7.01. The minimum Gasteiger partial charge on any atom is -0.289 e. The number of hydrogen-bond acceptors (Lipinski definition) is 2. The molecule has 0 atom stereocenters. The third kappa shape index (κ3) is 2.18. The number of aromatic nitrogens is 1. The zero-order valence-electron chi connectivity index (χ0n) is 7.01. The second-order valence-corrected chi connectivity index (χ2v) is 2.55. The molecule has 1 aromatic heterocycles. The van der Waals surface area contributed by atoms with Crippen molar-refractivity contribution >= 4 is 5.78 Å². The van der Waals surface area contributed by atoms with Gasteiger partial charge in [0.1, 0.15) is 0 Å². The van der Waals surface area contributed by atoms with Gasteiger partial charge in [0, 0.05) is 18.0 Å². The van der Waals surface area contributed by atoms with Crippen molar-refractivity contribution in [1.29, 1.82) is 0 Å². The van der Waals surface area contributed by atoms with Gasteiger partial charge in [-0.05, 0) is 12.1 Å². The number of halogens is 3. The lowest BCUT2D eigenvalue weighted by molar-refractivity contribution is -0.0883. The summed E-state index contributed by atoms with van der Waals surface area (Å²) in [6.45, 7) is 2.70. The number of hydrogen-bond donors (Lipinski definition) is 0. The van der Waals surface area contributed by atoms with Gasteiger partial charge in [-0.25, -0.2) is 0 Å². The zero-order chi connectivity index (χ0) is 10.8. The average molecular weight is 201 g/mol. The largest absolute Gasteiger partial charge is 0.419 e. The van der Waals surface area contributed by atoms with E-state index in [0.29, 0.717) is 0 Å². The van der Waals surface area contributed by atoms with Crippen LogP contribution in [0, 0.1) is 0 Å². The van der Waals surface area contributed by atoms with Gasteiger partial charge in [-0.15, -0.1) is 0 Å². The monoisotopic (exact) mass is 201 g/mol. The highest BCUT2D eigenvalue weighted by Crippen LogP contribution is 2.26. The van der Waals surface area contributed by atoms with Gasteiger partial charge >= 0.3 is 6.18 Å². The molecule has 1 heterocycles. The van der Waals surface area contributed by atoms with Crippen LogP contribution in [0.1, 0.15) is 10.4 Å². The van der Waals surface area contributed by atoms with E-state index in [1.54, 1.807) is 0 Å². The molecule has 0 radical (unpaired) electrons. The highest BCUT2D eigenvalue weighted by Gasteiger charge is 2.36. The van der Waals surface area contributed by atoms with E-state index in [0.717, 1.165) is 6.20 Å². The first-order valence-corrected chi connectivity index (χ1v) is 3.64. The summed E-state index contributed by atoms with van der Waals surface area (Å²) < 4.78 is 36.1. The minimum atomic E-state index is -4.69. The summed E-state index contributed by atoms with van der Waals surface area (Å²) in [7, 11) is 0. The van der Waals surface area contributed by atoms with Gasteiger partial charge in [-0.1, -0.05) is 6.58 Å². The number of carbonyl (C=O) groups is 1. The summed E-state index contributed by atoms with van der Waals surface area (Å²) in [5.41, 5.74) is -1.50. The summed E-state index contributed by atoms with van der Waals surface area (Å²) in [6, 6.07) is 2.64. The number of nitrogens with zero attached hydrogens (tertiary/aromatic N) is 1. The predicted molar refractivity (Wildman–Crippen MR) is 43.8 cm³/mol. The molecule has 0 spiro atoms. The first-order valence-electron chi connectivity index (χ1n) is 3.64. The number of carbonyl (C=O) groups excluding carboxylic acids is 1. The van der Waals surface area contributed by atoms with E-state index in [2.05, 4.69) is 11.6 Å². The normalized spacial score (nSPS) is 11.1. The molecule has 0 saturated heterocycles. The maximum absolute atomic E-state index is 12.0. The van der Waals surface area contributed by atoms with Crippen molar-refractivity contribution in [2.45, 2.75) is 6.18 Å². The van der Waals surface area contributed by atoms with Crippen LogP contribution in [0.5, 0.6) is 0 Å². The molecule has 0 aromatic carbocycles. The fraction of sp³-hybridized carbons (Fsp3) is 0.111. The van der Waals surface area contributed by atoms with Crippen LogP contribution in [-0.2, 0) is 0 Å². The van der Waals surface area contributed by atoms with E-state index in [1.807, 2.05) is 0 Å². The number of allylic oxidation sites excluding steroid dienone is 1. The van der Waals surface area contributed by atoms with Crippen LogP contribution in [-0.4, -0.2) is 16.9 Å². The van der Waals surface area contributed by atoms with E-state index in [-0.39, 0.29) is 5.56 Å². The van der Waals surface area contributed by atoms with E-state index in [4.69, 9.17) is 0 Å². The van der Waals surface area contributed by atoms with Crippen LogP contribution in [0.15, 0.2) is 36.7 Å². The Labute approximate surface area is 78.1 Å². The van der Waals surface area contributed by atoms with Crippen LogP contribution < -0.4 is 0 Å². The Morgan fingerprint density at radius 3 is 2.50 bits per heavy atom. The van der Waals surface area contributed by atoms with Gasteiger partial charge < -0.3 is 0 Å². The second kappa shape index (κ2) is 3.61. The summed E-state index contributed by atoms with van der Waals surface area (Å²) >= 11 is 0.